The van der Waals surface area contributed by atoms with Crippen LogP contribution >= 0.6 is 11.8 Å². The van der Waals surface area contributed by atoms with E-state index in [1.54, 1.807) is 11.8 Å². The molecule has 0 spiro atoms. The quantitative estimate of drug-likeness (QED) is 0.489. The van der Waals surface area contributed by atoms with Gasteiger partial charge in [-0.1, -0.05) is 36.9 Å². The van der Waals surface area contributed by atoms with Gasteiger partial charge < -0.3 is 9.88 Å². The Balaban J connectivity index is 1.22. The van der Waals surface area contributed by atoms with Crippen LogP contribution in [-0.4, -0.2) is 48.4 Å². The van der Waals surface area contributed by atoms with Crippen LogP contribution in [0.5, 0.6) is 0 Å². The molecule has 0 bridgehead atoms. The van der Waals surface area contributed by atoms with E-state index in [1.165, 1.54) is 31.1 Å². The van der Waals surface area contributed by atoms with E-state index in [-0.39, 0.29) is 5.91 Å². The van der Waals surface area contributed by atoms with E-state index in [9.17, 15) is 4.79 Å². The highest BCUT2D eigenvalue weighted by atomic mass is 32.2. The van der Waals surface area contributed by atoms with Crippen molar-refractivity contribution >= 4 is 28.6 Å². The minimum atomic E-state index is 0.288. The van der Waals surface area contributed by atoms with Gasteiger partial charge in [0, 0.05) is 40.8 Å². The first-order valence-corrected chi connectivity index (χ1v) is 13.1. The van der Waals surface area contributed by atoms with Crippen LogP contribution in [0.2, 0.25) is 0 Å². The number of fused-ring (bicyclic) bond motifs is 1. The van der Waals surface area contributed by atoms with Gasteiger partial charge in [0.05, 0.1) is 5.75 Å². The smallest absolute Gasteiger partial charge is 0.233 e. The minimum absolute atomic E-state index is 0.288. The van der Waals surface area contributed by atoms with E-state index in [2.05, 4.69) is 49.8 Å². The van der Waals surface area contributed by atoms with Crippen LogP contribution < -0.4 is 0 Å². The third kappa shape index (κ3) is 3.85. The number of amides is 1. The van der Waals surface area contributed by atoms with E-state index < -0.39 is 0 Å². The maximum Gasteiger partial charge on any atom is 0.233 e. The van der Waals surface area contributed by atoms with Gasteiger partial charge in [-0.25, -0.2) is 0 Å². The molecule has 2 heterocycles. The molecule has 0 atom stereocenters. The number of aromatic amines is 1. The molecule has 0 radical (unpaired) electrons. The zero-order chi connectivity index (χ0) is 21.7. The lowest BCUT2D eigenvalue weighted by molar-refractivity contribution is -0.132. The number of benzene rings is 1. The second kappa shape index (κ2) is 8.25. The number of hydrogen-bond donors (Lipinski definition) is 1. The molecule has 3 aliphatic rings. The molecule has 0 aliphatic heterocycles. The van der Waals surface area contributed by atoms with Crippen molar-refractivity contribution in [3.63, 3.8) is 0 Å². The van der Waals surface area contributed by atoms with Crippen LogP contribution in [-0.2, 0) is 4.79 Å². The van der Waals surface area contributed by atoms with Crippen LogP contribution in [0.3, 0.4) is 0 Å². The van der Waals surface area contributed by atoms with E-state index in [0.717, 1.165) is 53.7 Å². The summed E-state index contributed by atoms with van der Waals surface area (Å²) in [6.45, 7) is 2.34. The molecule has 2 aromatic heterocycles. The molecule has 168 valence electrons. The Morgan fingerprint density at radius 2 is 1.78 bits per heavy atom. The Kier molecular flexibility index (Phi) is 5.24. The zero-order valence-electron chi connectivity index (χ0n) is 18.7. The number of nitrogens with zero attached hydrogens (tertiary/aromatic N) is 4. The van der Waals surface area contributed by atoms with E-state index in [4.69, 9.17) is 0 Å². The molecule has 0 unspecified atom stereocenters. The highest BCUT2D eigenvalue weighted by molar-refractivity contribution is 7.99. The largest absolute Gasteiger partial charge is 0.360 e. The van der Waals surface area contributed by atoms with Crippen molar-refractivity contribution < 1.29 is 4.79 Å². The van der Waals surface area contributed by atoms with Crippen LogP contribution in [0.1, 0.15) is 64.3 Å². The number of thioether (sulfide) groups is 1. The highest BCUT2D eigenvalue weighted by Crippen LogP contribution is 2.42. The van der Waals surface area contributed by atoms with Gasteiger partial charge in [0.2, 0.25) is 5.91 Å². The Hall–Kier alpha value is -2.28. The van der Waals surface area contributed by atoms with Gasteiger partial charge >= 0.3 is 0 Å². The molecule has 1 N–H and O–H groups in total. The number of carbonyl (C=O) groups excluding carboxylic acids is 1. The van der Waals surface area contributed by atoms with Gasteiger partial charge in [-0.05, 0) is 63.4 Å². The zero-order valence-corrected chi connectivity index (χ0v) is 19.5. The average Bonchev–Trinajstić information content (AvgIpc) is 3.74. The summed E-state index contributed by atoms with van der Waals surface area (Å²) in [7, 11) is 0. The van der Waals surface area contributed by atoms with Gasteiger partial charge in [-0.3, -0.25) is 9.36 Å². The maximum absolute atomic E-state index is 13.3. The molecule has 1 aromatic carbocycles. The number of nitrogens with one attached hydrogen (secondary N) is 1. The predicted molar refractivity (Wildman–Crippen MR) is 128 cm³/mol. The SMILES string of the molecule is CC1CCC(N(C(=O)CSc2nnc(-c3c[nH]c4ccccc34)n2C2CC2)C2CC2)CC1. The maximum atomic E-state index is 13.3. The highest BCUT2D eigenvalue weighted by Gasteiger charge is 2.38. The number of carbonyl (C=O) groups is 1. The summed E-state index contributed by atoms with van der Waals surface area (Å²) in [6, 6.07) is 9.68. The fourth-order valence-corrected chi connectivity index (χ4v) is 6.13. The Morgan fingerprint density at radius 1 is 1.06 bits per heavy atom. The average molecular weight is 450 g/mol. The molecule has 32 heavy (non-hydrogen) atoms. The monoisotopic (exact) mass is 449 g/mol. The third-order valence-electron chi connectivity index (χ3n) is 7.34. The van der Waals surface area contributed by atoms with Crippen LogP contribution in [0.15, 0.2) is 35.6 Å². The Labute approximate surface area is 193 Å². The van der Waals surface area contributed by atoms with Crippen molar-refractivity contribution in [2.75, 3.05) is 5.75 Å². The molecule has 1 amide bonds. The normalized spacial score (nSPS) is 23.5. The van der Waals surface area contributed by atoms with Gasteiger partial charge in [0.15, 0.2) is 11.0 Å². The summed E-state index contributed by atoms with van der Waals surface area (Å²) in [5.41, 5.74) is 2.20. The molecule has 6 nitrogen and oxygen atoms in total. The predicted octanol–water partition coefficient (Wildman–Crippen LogP) is 5.42. The summed E-state index contributed by atoms with van der Waals surface area (Å²) in [5.74, 6) is 2.47. The summed E-state index contributed by atoms with van der Waals surface area (Å²) < 4.78 is 2.28. The number of H-pyrrole nitrogens is 1. The standard InChI is InChI=1S/C25H31N5OS/c1-16-6-8-17(9-7-16)29(18-10-11-18)23(31)15-32-25-28-27-24(30(25)19-12-13-19)21-14-26-22-5-3-2-4-20(21)22/h2-5,14,16-19,26H,6-13,15H2,1H3. The molecule has 3 saturated carbocycles. The molecule has 3 aliphatic carbocycles. The molecule has 7 heteroatoms. The van der Waals surface area contributed by atoms with Crippen LogP contribution in [0.4, 0.5) is 0 Å². The van der Waals surface area contributed by atoms with Crippen LogP contribution in [0.25, 0.3) is 22.3 Å². The van der Waals surface area contributed by atoms with Crippen LogP contribution in [0, 0.1) is 5.92 Å². The fraction of sp³-hybridized carbons (Fsp3) is 0.560. The molecule has 0 saturated heterocycles. The van der Waals surface area contributed by atoms with Crippen molar-refractivity contribution in [2.24, 2.45) is 5.92 Å². The van der Waals surface area contributed by atoms with Gasteiger partial charge in [0.1, 0.15) is 0 Å². The fourth-order valence-electron chi connectivity index (χ4n) is 5.26. The topological polar surface area (TPSA) is 66.8 Å². The second-order valence-electron chi connectivity index (χ2n) is 9.89. The number of para-hydroxylation sites is 1. The molecular formula is C25H31N5OS. The second-order valence-corrected chi connectivity index (χ2v) is 10.8. The lowest BCUT2D eigenvalue weighted by Crippen LogP contribution is -2.44. The molecule has 6 rings (SSSR count). The summed E-state index contributed by atoms with van der Waals surface area (Å²) >= 11 is 1.57. The number of rotatable bonds is 7. The Bertz CT molecular complexity index is 1120. The number of aromatic nitrogens is 4. The first-order valence-electron chi connectivity index (χ1n) is 12.1. The first-order chi connectivity index (χ1) is 15.7. The van der Waals surface area contributed by atoms with E-state index >= 15 is 0 Å². The lowest BCUT2D eigenvalue weighted by atomic mass is 9.86. The lowest BCUT2D eigenvalue weighted by Gasteiger charge is -2.36. The van der Waals surface area contributed by atoms with Crippen molar-refractivity contribution in [1.82, 2.24) is 24.6 Å². The molecular weight excluding hydrogens is 418 g/mol. The minimum Gasteiger partial charge on any atom is -0.360 e. The Morgan fingerprint density at radius 3 is 2.50 bits per heavy atom. The molecule has 3 fully saturated rings. The van der Waals surface area contributed by atoms with Crippen molar-refractivity contribution in [3.8, 4) is 11.4 Å². The van der Waals surface area contributed by atoms with E-state index in [0.29, 0.717) is 23.9 Å². The summed E-state index contributed by atoms with van der Waals surface area (Å²) in [4.78, 5) is 18.9. The van der Waals surface area contributed by atoms with Gasteiger partial charge in [0.25, 0.3) is 0 Å². The van der Waals surface area contributed by atoms with Crippen molar-refractivity contribution in [3.05, 3.63) is 30.5 Å². The summed E-state index contributed by atoms with van der Waals surface area (Å²) in [6.07, 6.45) is 11.5. The van der Waals surface area contributed by atoms with Gasteiger partial charge in [-0.15, -0.1) is 10.2 Å². The number of hydrogen-bond acceptors (Lipinski definition) is 4. The molecule has 3 aromatic rings. The van der Waals surface area contributed by atoms with E-state index in [1.807, 2.05) is 12.3 Å². The van der Waals surface area contributed by atoms with Gasteiger partial charge in [-0.2, -0.15) is 0 Å². The third-order valence-corrected chi connectivity index (χ3v) is 8.27. The first kappa shape index (κ1) is 20.3. The van der Waals surface area contributed by atoms with Crippen molar-refractivity contribution in [2.45, 2.75) is 81.6 Å². The summed E-state index contributed by atoms with van der Waals surface area (Å²) in [5, 5.41) is 11.2. The van der Waals surface area contributed by atoms with Crippen molar-refractivity contribution in [1.29, 1.82) is 0 Å².